The number of azide groups is 1. The lowest BCUT2D eigenvalue weighted by Crippen LogP contribution is -2.10. The Morgan fingerprint density at radius 2 is 1.94 bits per heavy atom. The fraction of sp³-hybridized carbons (Fsp3) is 1.00. The minimum atomic E-state index is -0.198. The molecule has 2 atom stereocenters. The van der Waals surface area contributed by atoms with Crippen LogP contribution in [0.4, 0.5) is 0 Å². The van der Waals surface area contributed by atoms with Crippen LogP contribution < -0.4 is 0 Å². The van der Waals surface area contributed by atoms with Crippen LogP contribution in [-0.2, 0) is 0 Å². The molecule has 0 heterocycles. The van der Waals surface area contributed by atoms with E-state index in [1.165, 1.54) is 0 Å². The molecule has 1 aliphatic carbocycles. The third-order valence-corrected chi connectivity index (χ3v) is 3.60. The molecule has 1 aliphatic rings. The van der Waals surface area contributed by atoms with Crippen molar-refractivity contribution in [1.82, 2.24) is 0 Å². The largest absolute Gasteiger partial charge is 0.150 e. The Hall–Kier alpha value is -1.09. The third kappa shape index (κ3) is 5.18. The van der Waals surface area contributed by atoms with Gasteiger partial charge in [-0.1, -0.05) is 43.4 Å². The highest BCUT2D eigenvalue weighted by molar-refractivity contribution is 5.02. The van der Waals surface area contributed by atoms with Crippen LogP contribution in [0, 0.1) is 16.7 Å². The van der Waals surface area contributed by atoms with E-state index < -0.39 is 0 Å². The zero-order chi connectivity index (χ0) is 12.7. The summed E-state index contributed by atoms with van der Waals surface area (Å²) in [7, 11) is 0. The number of nitroso groups, excluding NO2 is 1. The topological polar surface area (TPSA) is 78.2 Å². The van der Waals surface area contributed by atoms with Crippen molar-refractivity contribution in [1.29, 1.82) is 0 Å². The monoisotopic (exact) mass is 238 g/mol. The smallest absolute Gasteiger partial charge is 0.103 e. The van der Waals surface area contributed by atoms with Gasteiger partial charge in [0.25, 0.3) is 0 Å². The Bertz CT molecular complexity index is 295. The Morgan fingerprint density at radius 3 is 2.47 bits per heavy atom. The zero-order valence-electron chi connectivity index (χ0n) is 10.8. The molecule has 0 aromatic carbocycles. The van der Waals surface area contributed by atoms with Gasteiger partial charge in [0.15, 0.2) is 0 Å². The summed E-state index contributed by atoms with van der Waals surface area (Å²) in [4.78, 5) is 13.4. The molecule has 0 spiro atoms. The fourth-order valence-electron chi connectivity index (χ4n) is 2.31. The summed E-state index contributed by atoms with van der Waals surface area (Å²) >= 11 is 0. The van der Waals surface area contributed by atoms with Gasteiger partial charge in [-0.15, -0.1) is 0 Å². The molecular formula is C12H22N4O. The molecule has 1 rings (SSSR count). The molecule has 5 nitrogen and oxygen atoms in total. The highest BCUT2D eigenvalue weighted by atomic mass is 16.3. The van der Waals surface area contributed by atoms with Crippen molar-refractivity contribution < 1.29 is 0 Å². The van der Waals surface area contributed by atoms with Crippen molar-refractivity contribution in [3.8, 4) is 0 Å². The van der Waals surface area contributed by atoms with Gasteiger partial charge in [0.2, 0.25) is 0 Å². The quantitative estimate of drug-likeness (QED) is 0.253. The first kappa shape index (κ1) is 14.0. The molecule has 0 bridgehead atoms. The van der Waals surface area contributed by atoms with Crippen LogP contribution in [0.2, 0.25) is 0 Å². The van der Waals surface area contributed by atoms with Gasteiger partial charge < -0.3 is 0 Å². The van der Waals surface area contributed by atoms with E-state index >= 15 is 0 Å². The third-order valence-electron chi connectivity index (χ3n) is 3.60. The number of rotatable bonds is 9. The highest BCUT2D eigenvalue weighted by Crippen LogP contribution is 2.45. The minimum Gasteiger partial charge on any atom is -0.150 e. The maximum Gasteiger partial charge on any atom is 0.103 e. The molecule has 17 heavy (non-hydrogen) atoms. The predicted molar refractivity (Wildman–Crippen MR) is 68.6 cm³/mol. The Kier molecular flexibility index (Phi) is 5.42. The Morgan fingerprint density at radius 1 is 1.29 bits per heavy atom. The van der Waals surface area contributed by atoms with Gasteiger partial charge in [0.05, 0.1) is 0 Å². The van der Waals surface area contributed by atoms with Gasteiger partial charge >= 0.3 is 0 Å². The molecule has 0 aromatic heterocycles. The second-order valence-electron chi connectivity index (χ2n) is 5.57. The van der Waals surface area contributed by atoms with Crippen molar-refractivity contribution in [2.24, 2.45) is 22.1 Å². The summed E-state index contributed by atoms with van der Waals surface area (Å²) in [6, 6.07) is 0. The van der Waals surface area contributed by atoms with Crippen LogP contribution in [-0.4, -0.2) is 12.1 Å². The van der Waals surface area contributed by atoms with Crippen LogP contribution in [0.15, 0.2) is 10.3 Å². The summed E-state index contributed by atoms with van der Waals surface area (Å²) in [6.45, 7) is 4.89. The van der Waals surface area contributed by atoms with Crippen LogP contribution in [0.25, 0.3) is 10.4 Å². The van der Waals surface area contributed by atoms with Crippen molar-refractivity contribution in [2.75, 3.05) is 6.54 Å². The van der Waals surface area contributed by atoms with E-state index in [0.717, 1.165) is 38.5 Å². The van der Waals surface area contributed by atoms with Crippen LogP contribution in [0.5, 0.6) is 0 Å². The fourth-order valence-corrected chi connectivity index (χ4v) is 2.31. The molecular weight excluding hydrogens is 216 g/mol. The van der Waals surface area contributed by atoms with E-state index in [1.54, 1.807) is 0 Å². The molecule has 1 fully saturated rings. The van der Waals surface area contributed by atoms with Crippen LogP contribution in [0.1, 0.15) is 52.4 Å². The van der Waals surface area contributed by atoms with Gasteiger partial charge in [0.1, 0.15) is 5.54 Å². The molecule has 5 heteroatoms. The second kappa shape index (κ2) is 6.60. The van der Waals surface area contributed by atoms with Gasteiger partial charge in [-0.2, -0.15) is 4.91 Å². The maximum atomic E-state index is 10.6. The van der Waals surface area contributed by atoms with Crippen molar-refractivity contribution >= 4 is 0 Å². The van der Waals surface area contributed by atoms with E-state index in [4.69, 9.17) is 5.53 Å². The zero-order valence-corrected chi connectivity index (χ0v) is 10.8. The van der Waals surface area contributed by atoms with E-state index in [-0.39, 0.29) is 5.54 Å². The summed E-state index contributed by atoms with van der Waals surface area (Å²) < 4.78 is 0. The molecule has 2 unspecified atom stereocenters. The van der Waals surface area contributed by atoms with E-state index in [9.17, 15) is 4.91 Å². The van der Waals surface area contributed by atoms with Gasteiger partial charge in [-0.25, -0.2) is 0 Å². The number of nitrogens with zero attached hydrogens (tertiary/aromatic N) is 4. The first-order valence-electron chi connectivity index (χ1n) is 6.47. The predicted octanol–water partition coefficient (Wildman–Crippen LogP) is 4.43. The first-order valence-corrected chi connectivity index (χ1v) is 6.47. The van der Waals surface area contributed by atoms with Crippen molar-refractivity contribution in [2.45, 2.75) is 57.9 Å². The lowest BCUT2D eigenvalue weighted by atomic mass is 9.93. The lowest BCUT2D eigenvalue weighted by molar-refractivity contribution is 0.392. The molecule has 0 amide bonds. The maximum absolute atomic E-state index is 10.6. The van der Waals surface area contributed by atoms with E-state index in [1.807, 2.05) is 0 Å². The van der Waals surface area contributed by atoms with Crippen molar-refractivity contribution in [3.05, 3.63) is 15.3 Å². The Balaban J connectivity index is 2.09. The highest BCUT2D eigenvalue weighted by Gasteiger charge is 2.45. The molecule has 1 saturated carbocycles. The van der Waals surface area contributed by atoms with Gasteiger partial charge in [-0.3, -0.25) is 0 Å². The van der Waals surface area contributed by atoms with E-state index in [2.05, 4.69) is 29.1 Å². The standard InChI is InChI=1S/C12H22N4O/c1-10(8-12(15-17)6-7-12)4-3-5-11(2)9-14-16-13/h10-11H,3-9H2,1-2H3. The number of hydrogen-bond acceptors (Lipinski definition) is 3. The summed E-state index contributed by atoms with van der Waals surface area (Å²) in [5, 5.41) is 6.83. The number of hydrogen-bond donors (Lipinski definition) is 0. The van der Waals surface area contributed by atoms with E-state index in [0.29, 0.717) is 18.4 Å². The molecule has 0 N–H and O–H groups in total. The molecule has 96 valence electrons. The molecule has 0 aromatic rings. The average Bonchev–Trinajstić information content (AvgIpc) is 3.06. The van der Waals surface area contributed by atoms with Crippen LogP contribution >= 0.6 is 0 Å². The SMILES string of the molecule is CC(CCCC(C)CC1(N=O)CC1)CN=[N+]=[N-]. The van der Waals surface area contributed by atoms with Gasteiger partial charge in [0, 0.05) is 11.5 Å². The first-order chi connectivity index (χ1) is 8.12. The summed E-state index contributed by atoms with van der Waals surface area (Å²) in [5.41, 5.74) is 8.01. The van der Waals surface area contributed by atoms with Gasteiger partial charge in [-0.05, 0) is 36.6 Å². The summed E-state index contributed by atoms with van der Waals surface area (Å²) in [5.74, 6) is 1.03. The second-order valence-corrected chi connectivity index (χ2v) is 5.57. The van der Waals surface area contributed by atoms with Crippen molar-refractivity contribution in [3.63, 3.8) is 0 Å². The molecule has 0 saturated heterocycles. The molecule has 0 aliphatic heterocycles. The average molecular weight is 238 g/mol. The van der Waals surface area contributed by atoms with Crippen LogP contribution in [0.3, 0.4) is 0 Å². The molecule has 0 radical (unpaired) electrons. The lowest BCUT2D eigenvalue weighted by Gasteiger charge is -2.15. The minimum absolute atomic E-state index is 0.198. The Labute approximate surface area is 103 Å². The normalized spacial score (nSPS) is 20.1. The summed E-state index contributed by atoms with van der Waals surface area (Å²) in [6.07, 6.45) is 6.27.